The van der Waals surface area contributed by atoms with Crippen molar-refractivity contribution >= 4 is 40.2 Å². The molecule has 0 aromatic heterocycles. The SMILES string of the molecule is CCc1ccccc1NC(=O)Nc1ccc(C2C(C(=O)N(C)C)=C(C)N=C3SCCCN32)cc1. The van der Waals surface area contributed by atoms with E-state index in [2.05, 4.69) is 22.5 Å². The number of fused-ring (bicyclic) bond motifs is 1. The Bertz CT molecular complexity index is 1140. The number of rotatable bonds is 5. The fourth-order valence-electron chi connectivity index (χ4n) is 4.31. The summed E-state index contributed by atoms with van der Waals surface area (Å²) in [5.41, 5.74) is 5.05. The van der Waals surface area contributed by atoms with Gasteiger partial charge in [-0.2, -0.15) is 0 Å². The minimum atomic E-state index is -0.285. The van der Waals surface area contributed by atoms with Crippen LogP contribution < -0.4 is 10.6 Å². The van der Waals surface area contributed by atoms with Crippen molar-refractivity contribution in [3.05, 3.63) is 70.9 Å². The van der Waals surface area contributed by atoms with Gasteiger partial charge >= 0.3 is 6.03 Å². The maximum atomic E-state index is 13.1. The lowest BCUT2D eigenvalue weighted by Crippen LogP contribution is -2.43. The van der Waals surface area contributed by atoms with Crippen molar-refractivity contribution in [2.24, 2.45) is 4.99 Å². The number of thioether (sulfide) groups is 1. The first-order chi connectivity index (χ1) is 16.4. The van der Waals surface area contributed by atoms with Crippen LogP contribution in [0.25, 0.3) is 0 Å². The topological polar surface area (TPSA) is 77.0 Å². The molecule has 1 unspecified atom stereocenters. The Morgan fingerprint density at radius 1 is 1.12 bits per heavy atom. The Morgan fingerprint density at radius 2 is 1.85 bits per heavy atom. The van der Waals surface area contributed by atoms with Gasteiger partial charge in [0, 0.05) is 37.8 Å². The molecule has 0 radical (unpaired) electrons. The fraction of sp³-hybridized carbons (Fsp3) is 0.346. The van der Waals surface area contributed by atoms with Crippen LogP contribution in [0.4, 0.5) is 16.2 Å². The van der Waals surface area contributed by atoms with Crippen molar-refractivity contribution in [1.82, 2.24) is 9.80 Å². The number of carbonyl (C=O) groups is 2. The van der Waals surface area contributed by atoms with Crippen LogP contribution in [0, 0.1) is 0 Å². The Kier molecular flexibility index (Phi) is 7.26. The van der Waals surface area contributed by atoms with Crippen molar-refractivity contribution in [3.63, 3.8) is 0 Å². The number of para-hydroxylation sites is 1. The molecule has 2 aromatic carbocycles. The summed E-state index contributed by atoms with van der Waals surface area (Å²) >= 11 is 1.74. The molecule has 0 saturated carbocycles. The van der Waals surface area contributed by atoms with Crippen LogP contribution in [0.3, 0.4) is 0 Å². The normalized spacial score (nSPS) is 17.6. The van der Waals surface area contributed by atoms with Crippen LogP contribution in [-0.4, -0.2) is 53.3 Å². The van der Waals surface area contributed by atoms with E-state index in [1.165, 1.54) is 0 Å². The van der Waals surface area contributed by atoms with E-state index in [1.807, 2.05) is 55.5 Å². The van der Waals surface area contributed by atoms with E-state index in [0.717, 1.165) is 52.8 Å². The van der Waals surface area contributed by atoms with Gasteiger partial charge in [0.05, 0.1) is 17.3 Å². The van der Waals surface area contributed by atoms with E-state index in [-0.39, 0.29) is 18.0 Å². The monoisotopic (exact) mass is 477 g/mol. The van der Waals surface area contributed by atoms with Crippen molar-refractivity contribution in [2.75, 3.05) is 37.0 Å². The van der Waals surface area contributed by atoms with E-state index >= 15 is 0 Å². The summed E-state index contributed by atoms with van der Waals surface area (Å²) in [6, 6.07) is 15.0. The van der Waals surface area contributed by atoms with Crippen LogP contribution in [-0.2, 0) is 11.2 Å². The number of nitrogens with one attached hydrogen (secondary N) is 2. The predicted molar refractivity (Wildman–Crippen MR) is 140 cm³/mol. The summed E-state index contributed by atoms with van der Waals surface area (Å²) in [5.74, 6) is 1.00. The van der Waals surface area contributed by atoms with Gasteiger partial charge < -0.3 is 20.4 Å². The molecule has 1 saturated heterocycles. The minimum Gasteiger partial charge on any atom is -0.345 e. The standard InChI is InChI=1S/C26H31N5O2S/c1-5-18-9-6-7-10-21(18)29-25(33)28-20-13-11-19(12-14-20)23-22(24(32)30(3)4)17(2)27-26-31(23)15-8-16-34-26/h6-7,9-14,23H,5,8,15-16H2,1-4H3,(H2,28,29,33). The molecule has 0 spiro atoms. The van der Waals surface area contributed by atoms with Gasteiger partial charge in [-0.25, -0.2) is 9.79 Å². The maximum Gasteiger partial charge on any atom is 0.323 e. The molecule has 0 bridgehead atoms. The average molecular weight is 478 g/mol. The number of likely N-dealkylation sites (N-methyl/N-ethyl adjacent to an activating group) is 1. The van der Waals surface area contributed by atoms with Gasteiger partial charge in [-0.15, -0.1) is 0 Å². The number of anilines is 2. The van der Waals surface area contributed by atoms with Crippen molar-refractivity contribution in [3.8, 4) is 0 Å². The second-order valence-electron chi connectivity index (χ2n) is 8.60. The van der Waals surface area contributed by atoms with E-state index in [9.17, 15) is 9.59 Å². The van der Waals surface area contributed by atoms with E-state index < -0.39 is 0 Å². The highest BCUT2D eigenvalue weighted by molar-refractivity contribution is 8.13. The number of aliphatic imine (C=N–C) groups is 1. The quantitative estimate of drug-likeness (QED) is 0.628. The third-order valence-electron chi connectivity index (χ3n) is 6.03. The Balaban J connectivity index is 1.56. The van der Waals surface area contributed by atoms with E-state index in [4.69, 9.17) is 4.99 Å². The molecule has 1 fully saturated rings. The molecule has 34 heavy (non-hydrogen) atoms. The smallest absolute Gasteiger partial charge is 0.323 e. The number of nitrogens with zero attached hydrogens (tertiary/aromatic N) is 3. The highest BCUT2D eigenvalue weighted by atomic mass is 32.2. The number of benzene rings is 2. The summed E-state index contributed by atoms with van der Waals surface area (Å²) in [7, 11) is 3.54. The first-order valence-corrected chi connectivity index (χ1v) is 12.5. The van der Waals surface area contributed by atoms with Gasteiger partial charge in [0.2, 0.25) is 0 Å². The molecule has 4 rings (SSSR count). The Labute approximate surface area is 205 Å². The summed E-state index contributed by atoms with van der Waals surface area (Å²) in [4.78, 5) is 34.3. The third-order valence-corrected chi connectivity index (χ3v) is 7.10. The van der Waals surface area contributed by atoms with E-state index in [1.54, 1.807) is 30.8 Å². The fourth-order valence-corrected chi connectivity index (χ4v) is 5.33. The van der Waals surface area contributed by atoms with Crippen molar-refractivity contribution in [2.45, 2.75) is 32.7 Å². The Morgan fingerprint density at radius 3 is 2.56 bits per heavy atom. The predicted octanol–water partition coefficient (Wildman–Crippen LogP) is 5.10. The van der Waals surface area contributed by atoms with Crippen LogP contribution >= 0.6 is 11.8 Å². The number of urea groups is 1. The largest absolute Gasteiger partial charge is 0.345 e. The van der Waals surface area contributed by atoms with Gasteiger partial charge in [0.25, 0.3) is 5.91 Å². The summed E-state index contributed by atoms with van der Waals surface area (Å²) in [6.07, 6.45) is 1.88. The first kappa shape index (κ1) is 23.9. The molecule has 8 heteroatoms. The number of allylic oxidation sites excluding steroid dienone is 1. The summed E-state index contributed by atoms with van der Waals surface area (Å²) in [5, 5.41) is 6.81. The highest BCUT2D eigenvalue weighted by Crippen LogP contribution is 2.40. The first-order valence-electron chi connectivity index (χ1n) is 11.6. The number of amidine groups is 1. The van der Waals surface area contributed by atoms with Gasteiger partial charge in [0.15, 0.2) is 5.17 Å². The van der Waals surface area contributed by atoms with Crippen molar-refractivity contribution in [1.29, 1.82) is 0 Å². The molecular formula is C26H31N5O2S. The minimum absolute atomic E-state index is 0.0305. The molecule has 0 aliphatic carbocycles. The van der Waals surface area contributed by atoms with Crippen molar-refractivity contribution < 1.29 is 9.59 Å². The van der Waals surface area contributed by atoms with Gasteiger partial charge in [0.1, 0.15) is 0 Å². The second kappa shape index (κ2) is 10.3. The molecule has 178 valence electrons. The van der Waals surface area contributed by atoms with Gasteiger partial charge in [-0.3, -0.25) is 4.79 Å². The molecule has 7 nitrogen and oxygen atoms in total. The second-order valence-corrected chi connectivity index (χ2v) is 9.66. The lowest BCUT2D eigenvalue weighted by molar-refractivity contribution is -0.125. The zero-order valence-corrected chi connectivity index (χ0v) is 20.9. The number of hydrogen-bond donors (Lipinski definition) is 2. The van der Waals surface area contributed by atoms with Crippen LogP contribution in [0.1, 0.15) is 37.4 Å². The molecule has 2 aliphatic heterocycles. The lowest BCUT2D eigenvalue weighted by atomic mass is 9.93. The lowest BCUT2D eigenvalue weighted by Gasteiger charge is -2.41. The number of amides is 3. The zero-order valence-electron chi connectivity index (χ0n) is 20.1. The molecule has 2 aromatic rings. The number of hydrogen-bond acceptors (Lipinski definition) is 5. The molecule has 3 amide bonds. The Hall–Kier alpha value is -3.26. The maximum absolute atomic E-state index is 13.1. The molecule has 1 atom stereocenters. The zero-order chi connectivity index (χ0) is 24.2. The van der Waals surface area contributed by atoms with Gasteiger partial charge in [-0.1, -0.05) is 49.0 Å². The van der Waals surface area contributed by atoms with Crippen LogP contribution in [0.15, 0.2) is 64.8 Å². The van der Waals surface area contributed by atoms with E-state index in [0.29, 0.717) is 11.3 Å². The molecule has 2 N–H and O–H groups in total. The average Bonchev–Trinajstić information content (AvgIpc) is 2.83. The highest BCUT2D eigenvalue weighted by Gasteiger charge is 2.37. The number of aryl methyl sites for hydroxylation is 1. The molecule has 2 aliphatic rings. The molecular weight excluding hydrogens is 446 g/mol. The molecule has 2 heterocycles. The van der Waals surface area contributed by atoms with Crippen LogP contribution in [0.2, 0.25) is 0 Å². The summed E-state index contributed by atoms with van der Waals surface area (Å²) in [6.45, 7) is 4.83. The number of carbonyl (C=O) groups excluding carboxylic acids is 2. The third kappa shape index (κ3) is 4.97. The van der Waals surface area contributed by atoms with Crippen LogP contribution in [0.5, 0.6) is 0 Å². The summed E-state index contributed by atoms with van der Waals surface area (Å²) < 4.78 is 0. The van der Waals surface area contributed by atoms with Gasteiger partial charge in [-0.05, 0) is 49.1 Å².